The van der Waals surface area contributed by atoms with Gasteiger partial charge in [0.2, 0.25) is 5.91 Å². The Kier molecular flexibility index (Phi) is 8.46. The number of amides is 2. The van der Waals surface area contributed by atoms with Crippen LogP contribution in [-0.4, -0.2) is 35.9 Å². The van der Waals surface area contributed by atoms with Crippen molar-refractivity contribution >= 4 is 62.2 Å². The zero-order valence-electron chi connectivity index (χ0n) is 18.6. The van der Waals surface area contributed by atoms with E-state index in [1.807, 2.05) is 0 Å². The monoisotopic (exact) mass is 544 g/mol. The SMILES string of the molecule is CC(C)[C@H](NC(=O)[C@H](Cc1cccc(Cl)c1)NC(=O)c1csc2ccc(Cl)cc12)C(=O)C(F)(F)F. The highest BCUT2D eigenvalue weighted by molar-refractivity contribution is 7.17. The first-order valence-corrected chi connectivity index (χ1v) is 12.1. The molecule has 0 aliphatic rings. The van der Waals surface area contributed by atoms with Crippen LogP contribution in [0.1, 0.15) is 29.8 Å². The van der Waals surface area contributed by atoms with Crippen molar-refractivity contribution in [2.45, 2.75) is 38.5 Å². The van der Waals surface area contributed by atoms with Crippen LogP contribution < -0.4 is 10.6 Å². The fourth-order valence-corrected chi connectivity index (χ4v) is 4.79. The van der Waals surface area contributed by atoms with Gasteiger partial charge in [0, 0.05) is 31.9 Å². The van der Waals surface area contributed by atoms with Crippen LogP contribution in [0.25, 0.3) is 10.1 Å². The van der Waals surface area contributed by atoms with Gasteiger partial charge in [0.25, 0.3) is 11.7 Å². The van der Waals surface area contributed by atoms with Crippen LogP contribution >= 0.6 is 34.5 Å². The maximum absolute atomic E-state index is 13.1. The molecule has 35 heavy (non-hydrogen) atoms. The highest BCUT2D eigenvalue weighted by Gasteiger charge is 2.45. The fraction of sp³-hybridized carbons (Fsp3) is 0.292. The van der Waals surface area contributed by atoms with E-state index in [9.17, 15) is 27.6 Å². The number of benzene rings is 2. The molecule has 2 atom stereocenters. The van der Waals surface area contributed by atoms with Gasteiger partial charge in [-0.1, -0.05) is 49.2 Å². The number of rotatable bonds is 8. The summed E-state index contributed by atoms with van der Waals surface area (Å²) in [6, 6.07) is 8.48. The molecule has 2 amide bonds. The molecule has 0 aliphatic carbocycles. The minimum atomic E-state index is -5.12. The summed E-state index contributed by atoms with van der Waals surface area (Å²) in [7, 11) is 0. The lowest BCUT2D eigenvalue weighted by Gasteiger charge is -2.25. The molecular formula is C24H21Cl2F3N2O3S. The Balaban J connectivity index is 1.90. The molecule has 186 valence electrons. The first kappa shape index (κ1) is 27.0. The maximum Gasteiger partial charge on any atom is 0.452 e. The van der Waals surface area contributed by atoms with Gasteiger partial charge in [-0.2, -0.15) is 13.2 Å². The Labute approximate surface area is 213 Å². The minimum absolute atomic E-state index is 0.0635. The number of hydrogen-bond acceptors (Lipinski definition) is 4. The third-order valence-electron chi connectivity index (χ3n) is 5.26. The molecule has 0 radical (unpaired) electrons. The fourth-order valence-electron chi connectivity index (χ4n) is 3.49. The van der Waals surface area contributed by atoms with E-state index in [1.54, 1.807) is 47.8 Å². The number of nitrogens with one attached hydrogen (secondary N) is 2. The molecule has 3 rings (SSSR count). The molecule has 1 heterocycles. The average Bonchev–Trinajstić information content (AvgIpc) is 3.18. The van der Waals surface area contributed by atoms with Gasteiger partial charge >= 0.3 is 6.18 Å². The largest absolute Gasteiger partial charge is 0.452 e. The van der Waals surface area contributed by atoms with Gasteiger partial charge in [-0.3, -0.25) is 14.4 Å². The number of Topliss-reactive ketones (excluding diaryl/α,β-unsaturated/α-hetero) is 1. The van der Waals surface area contributed by atoms with Gasteiger partial charge in [-0.25, -0.2) is 0 Å². The van der Waals surface area contributed by atoms with Gasteiger partial charge in [-0.05, 0) is 41.8 Å². The summed E-state index contributed by atoms with van der Waals surface area (Å²) in [5.74, 6) is -4.43. The van der Waals surface area contributed by atoms with Crippen molar-refractivity contribution < 1.29 is 27.6 Å². The van der Waals surface area contributed by atoms with Gasteiger partial charge in [0.1, 0.15) is 6.04 Å². The summed E-state index contributed by atoms with van der Waals surface area (Å²) in [4.78, 5) is 38.1. The summed E-state index contributed by atoms with van der Waals surface area (Å²) < 4.78 is 40.1. The van der Waals surface area contributed by atoms with Crippen LogP contribution in [0.3, 0.4) is 0 Å². The molecule has 0 bridgehead atoms. The standard InChI is InChI=1S/C24H21Cl2F3N2O3S/c1-12(2)20(21(32)24(27,28)29)31-23(34)18(9-13-4-3-5-14(25)8-13)30-22(33)17-11-35-19-7-6-15(26)10-16(17)19/h3-8,10-12,18,20H,9H2,1-2H3,(H,30,33)(H,31,34)/t18-,20-/m0/s1. The van der Waals surface area contributed by atoms with Crippen molar-refractivity contribution in [3.05, 3.63) is 69.0 Å². The van der Waals surface area contributed by atoms with Crippen LogP contribution in [0.4, 0.5) is 13.2 Å². The lowest BCUT2D eigenvalue weighted by Crippen LogP contribution is -2.56. The summed E-state index contributed by atoms with van der Waals surface area (Å²) >= 11 is 13.4. The average molecular weight is 545 g/mol. The second kappa shape index (κ2) is 11.0. The molecule has 11 heteroatoms. The molecule has 1 aromatic heterocycles. The molecular weight excluding hydrogens is 524 g/mol. The van der Waals surface area contributed by atoms with Crippen LogP contribution in [0, 0.1) is 5.92 Å². The molecule has 0 spiro atoms. The molecule has 0 aliphatic heterocycles. The summed E-state index contributed by atoms with van der Waals surface area (Å²) in [6.45, 7) is 2.78. The highest BCUT2D eigenvalue weighted by Crippen LogP contribution is 2.29. The predicted molar refractivity (Wildman–Crippen MR) is 131 cm³/mol. The van der Waals surface area contributed by atoms with Crippen molar-refractivity contribution in [2.75, 3.05) is 0 Å². The zero-order chi connectivity index (χ0) is 25.9. The van der Waals surface area contributed by atoms with E-state index < -0.39 is 41.8 Å². The Bertz CT molecular complexity index is 1260. The van der Waals surface area contributed by atoms with E-state index in [1.165, 1.54) is 25.2 Å². The van der Waals surface area contributed by atoms with E-state index in [4.69, 9.17) is 23.2 Å². The summed E-state index contributed by atoms with van der Waals surface area (Å²) in [5.41, 5.74) is 0.836. The van der Waals surface area contributed by atoms with E-state index in [-0.39, 0.29) is 12.0 Å². The van der Waals surface area contributed by atoms with E-state index in [2.05, 4.69) is 10.6 Å². The molecule has 0 saturated carbocycles. The number of thiophene rings is 1. The van der Waals surface area contributed by atoms with Gasteiger partial charge in [-0.15, -0.1) is 11.3 Å². The van der Waals surface area contributed by atoms with Crippen LogP contribution in [0.2, 0.25) is 10.0 Å². The topological polar surface area (TPSA) is 75.3 Å². The number of alkyl halides is 3. The smallest absolute Gasteiger partial charge is 0.344 e. The highest BCUT2D eigenvalue weighted by atomic mass is 35.5. The third-order valence-corrected chi connectivity index (χ3v) is 6.69. The molecule has 0 unspecified atom stereocenters. The first-order valence-electron chi connectivity index (χ1n) is 10.5. The summed E-state index contributed by atoms with van der Waals surface area (Å²) in [5, 5.41) is 7.77. The number of hydrogen-bond donors (Lipinski definition) is 2. The van der Waals surface area contributed by atoms with Gasteiger partial charge < -0.3 is 10.6 Å². The van der Waals surface area contributed by atoms with Crippen molar-refractivity contribution in [3.63, 3.8) is 0 Å². The summed E-state index contributed by atoms with van der Waals surface area (Å²) in [6.07, 6.45) is -5.19. The number of halogens is 5. The quantitative estimate of drug-likeness (QED) is 0.375. The number of carbonyl (C=O) groups is 3. The lowest BCUT2D eigenvalue weighted by atomic mass is 9.98. The predicted octanol–water partition coefficient (Wildman–Crippen LogP) is 5.82. The third kappa shape index (κ3) is 6.74. The number of ketones is 1. The Morgan fingerprint density at radius 3 is 2.31 bits per heavy atom. The lowest BCUT2D eigenvalue weighted by molar-refractivity contribution is -0.175. The molecule has 5 nitrogen and oxygen atoms in total. The van der Waals surface area contributed by atoms with Gasteiger partial charge in [0.05, 0.1) is 11.6 Å². The van der Waals surface area contributed by atoms with Crippen molar-refractivity contribution in [1.29, 1.82) is 0 Å². The molecule has 0 saturated heterocycles. The Morgan fingerprint density at radius 1 is 1.00 bits per heavy atom. The van der Waals surface area contributed by atoms with Crippen molar-refractivity contribution in [1.82, 2.24) is 10.6 Å². The first-order chi connectivity index (χ1) is 16.4. The van der Waals surface area contributed by atoms with Crippen LogP contribution in [0.5, 0.6) is 0 Å². The molecule has 0 fully saturated rings. The van der Waals surface area contributed by atoms with Crippen molar-refractivity contribution in [2.24, 2.45) is 5.92 Å². The zero-order valence-corrected chi connectivity index (χ0v) is 20.9. The second-order valence-corrected chi connectivity index (χ2v) is 10.0. The Morgan fingerprint density at radius 2 is 1.69 bits per heavy atom. The minimum Gasteiger partial charge on any atom is -0.344 e. The molecule has 2 aromatic carbocycles. The molecule has 3 aromatic rings. The van der Waals surface area contributed by atoms with Crippen molar-refractivity contribution in [3.8, 4) is 0 Å². The van der Waals surface area contributed by atoms with E-state index in [0.29, 0.717) is 21.0 Å². The number of fused-ring (bicyclic) bond motifs is 1. The Hall–Kier alpha value is -2.62. The van der Waals surface area contributed by atoms with E-state index in [0.717, 1.165) is 4.70 Å². The maximum atomic E-state index is 13.1. The van der Waals surface area contributed by atoms with E-state index >= 15 is 0 Å². The van der Waals surface area contributed by atoms with Crippen LogP contribution in [0.15, 0.2) is 47.8 Å². The normalized spacial score (nSPS) is 13.5. The second-order valence-electron chi connectivity index (χ2n) is 8.24. The van der Waals surface area contributed by atoms with Crippen LogP contribution in [-0.2, 0) is 16.0 Å². The number of carbonyl (C=O) groups excluding carboxylic acids is 3. The van der Waals surface area contributed by atoms with Gasteiger partial charge in [0.15, 0.2) is 0 Å². The molecule has 2 N–H and O–H groups in total.